The highest BCUT2D eigenvalue weighted by molar-refractivity contribution is 6.42. The van der Waals surface area contributed by atoms with Crippen LogP contribution in [0.1, 0.15) is 11.4 Å². The Balaban J connectivity index is 2.27. The first-order valence-corrected chi connectivity index (χ1v) is 5.92. The average molecular weight is 285 g/mol. The zero-order valence-electron chi connectivity index (χ0n) is 9.52. The molecule has 0 aliphatic rings. The SMILES string of the molecule is Cc1cc(CO)nc(Oc2ccc(Cl)c(Cl)c2)n1. The van der Waals surface area contributed by atoms with E-state index in [0.29, 0.717) is 27.2 Å². The van der Waals surface area contributed by atoms with E-state index in [1.54, 1.807) is 31.2 Å². The molecule has 1 N–H and O–H groups in total. The van der Waals surface area contributed by atoms with Crippen LogP contribution in [-0.2, 0) is 6.61 Å². The molecule has 4 nitrogen and oxygen atoms in total. The number of aliphatic hydroxyl groups is 1. The molecule has 0 saturated heterocycles. The fourth-order valence-electron chi connectivity index (χ4n) is 1.38. The summed E-state index contributed by atoms with van der Waals surface area (Å²) in [4.78, 5) is 8.15. The Hall–Kier alpha value is -1.36. The minimum absolute atomic E-state index is 0.164. The number of halogens is 2. The molecule has 0 fully saturated rings. The van der Waals surface area contributed by atoms with Crippen molar-refractivity contribution in [2.45, 2.75) is 13.5 Å². The summed E-state index contributed by atoms with van der Waals surface area (Å²) in [6.07, 6.45) is 0. The first-order valence-electron chi connectivity index (χ1n) is 5.17. The second kappa shape index (κ2) is 5.52. The van der Waals surface area contributed by atoms with Crippen molar-refractivity contribution < 1.29 is 9.84 Å². The van der Waals surface area contributed by atoms with Crippen LogP contribution < -0.4 is 4.74 Å². The quantitative estimate of drug-likeness (QED) is 0.939. The maximum atomic E-state index is 9.05. The Kier molecular flexibility index (Phi) is 4.01. The van der Waals surface area contributed by atoms with Gasteiger partial charge in [-0.3, -0.25) is 0 Å². The molecule has 1 heterocycles. The van der Waals surface area contributed by atoms with Crippen molar-refractivity contribution in [1.29, 1.82) is 0 Å². The summed E-state index contributed by atoms with van der Waals surface area (Å²) in [7, 11) is 0. The van der Waals surface area contributed by atoms with Gasteiger partial charge in [-0.1, -0.05) is 23.2 Å². The van der Waals surface area contributed by atoms with E-state index in [1.807, 2.05) is 0 Å². The van der Waals surface area contributed by atoms with Crippen molar-refractivity contribution in [3.05, 3.63) is 45.7 Å². The van der Waals surface area contributed by atoms with Gasteiger partial charge in [0, 0.05) is 11.8 Å². The molecule has 0 bridgehead atoms. The van der Waals surface area contributed by atoms with E-state index in [0.717, 1.165) is 0 Å². The van der Waals surface area contributed by atoms with E-state index in [-0.39, 0.29) is 12.6 Å². The lowest BCUT2D eigenvalue weighted by Gasteiger charge is -2.06. The van der Waals surface area contributed by atoms with Gasteiger partial charge in [0.25, 0.3) is 0 Å². The molecule has 0 spiro atoms. The monoisotopic (exact) mass is 284 g/mol. The molecular weight excluding hydrogens is 275 g/mol. The second-order valence-electron chi connectivity index (χ2n) is 3.62. The lowest BCUT2D eigenvalue weighted by Crippen LogP contribution is -1.98. The van der Waals surface area contributed by atoms with Crippen LogP contribution in [0, 0.1) is 6.92 Å². The standard InChI is InChI=1S/C12H10Cl2N2O2/c1-7-4-8(6-17)16-12(15-7)18-9-2-3-10(13)11(14)5-9/h2-5,17H,6H2,1H3. The lowest BCUT2D eigenvalue weighted by atomic mass is 10.3. The van der Waals surface area contributed by atoms with E-state index in [2.05, 4.69) is 9.97 Å². The van der Waals surface area contributed by atoms with Crippen LogP contribution in [0.4, 0.5) is 0 Å². The first kappa shape index (κ1) is 13.1. The molecule has 0 radical (unpaired) electrons. The third-order valence-electron chi connectivity index (χ3n) is 2.15. The Morgan fingerprint density at radius 3 is 2.61 bits per heavy atom. The normalized spacial score (nSPS) is 10.4. The van der Waals surface area contributed by atoms with Crippen molar-refractivity contribution in [3.63, 3.8) is 0 Å². The number of aromatic nitrogens is 2. The molecule has 94 valence electrons. The predicted octanol–water partition coefficient (Wildman–Crippen LogP) is 3.38. The number of benzene rings is 1. The van der Waals surface area contributed by atoms with Gasteiger partial charge < -0.3 is 9.84 Å². The molecule has 0 amide bonds. The number of hydrogen-bond acceptors (Lipinski definition) is 4. The third kappa shape index (κ3) is 3.10. The van der Waals surface area contributed by atoms with Crippen LogP contribution in [0.25, 0.3) is 0 Å². The van der Waals surface area contributed by atoms with Crippen molar-refractivity contribution in [3.8, 4) is 11.8 Å². The van der Waals surface area contributed by atoms with Crippen molar-refractivity contribution >= 4 is 23.2 Å². The van der Waals surface area contributed by atoms with Crippen LogP contribution >= 0.6 is 23.2 Å². The van der Waals surface area contributed by atoms with Crippen LogP contribution in [0.15, 0.2) is 24.3 Å². The molecule has 0 saturated carbocycles. The Labute approximate surface area is 114 Å². The summed E-state index contributed by atoms with van der Waals surface area (Å²) in [5.74, 6) is 0.485. The summed E-state index contributed by atoms with van der Waals surface area (Å²) < 4.78 is 5.46. The lowest BCUT2D eigenvalue weighted by molar-refractivity contribution is 0.274. The number of nitrogens with zero attached hydrogens (tertiary/aromatic N) is 2. The molecular formula is C12H10Cl2N2O2. The highest BCUT2D eigenvalue weighted by Gasteiger charge is 2.06. The Morgan fingerprint density at radius 1 is 1.17 bits per heavy atom. The van der Waals surface area contributed by atoms with E-state index in [4.69, 9.17) is 33.0 Å². The zero-order valence-corrected chi connectivity index (χ0v) is 11.0. The second-order valence-corrected chi connectivity index (χ2v) is 4.43. The van der Waals surface area contributed by atoms with Crippen molar-refractivity contribution in [2.24, 2.45) is 0 Å². The summed E-state index contributed by atoms with van der Waals surface area (Å²) in [5.41, 5.74) is 1.21. The number of ether oxygens (including phenoxy) is 1. The predicted molar refractivity (Wildman–Crippen MR) is 69.2 cm³/mol. The molecule has 1 aromatic heterocycles. The van der Waals surface area contributed by atoms with E-state index < -0.39 is 0 Å². The minimum atomic E-state index is -0.166. The number of aryl methyl sites for hydroxylation is 1. The maximum absolute atomic E-state index is 9.05. The van der Waals surface area contributed by atoms with Gasteiger partial charge in [-0.2, -0.15) is 4.98 Å². The zero-order chi connectivity index (χ0) is 13.1. The van der Waals surface area contributed by atoms with E-state index in [9.17, 15) is 0 Å². The molecule has 18 heavy (non-hydrogen) atoms. The Bertz CT molecular complexity index is 576. The average Bonchev–Trinajstić information content (AvgIpc) is 2.33. The summed E-state index contributed by atoms with van der Waals surface area (Å²) in [5, 5.41) is 9.89. The summed E-state index contributed by atoms with van der Waals surface area (Å²) >= 11 is 11.7. The van der Waals surface area contributed by atoms with Gasteiger partial charge in [-0.15, -0.1) is 0 Å². The molecule has 2 aromatic rings. The molecule has 0 unspecified atom stereocenters. The van der Waals surface area contributed by atoms with Gasteiger partial charge in [0.15, 0.2) is 0 Å². The smallest absolute Gasteiger partial charge is 0.322 e. The van der Waals surface area contributed by atoms with Gasteiger partial charge in [0.05, 0.1) is 22.3 Å². The van der Waals surface area contributed by atoms with Crippen LogP contribution in [0.5, 0.6) is 11.8 Å². The molecule has 6 heteroatoms. The van der Waals surface area contributed by atoms with Gasteiger partial charge >= 0.3 is 6.01 Å². The van der Waals surface area contributed by atoms with Gasteiger partial charge in [-0.25, -0.2) is 4.98 Å². The summed E-state index contributed by atoms with van der Waals surface area (Å²) in [6, 6.07) is 6.72. The first-order chi connectivity index (χ1) is 8.58. The van der Waals surface area contributed by atoms with Crippen molar-refractivity contribution in [1.82, 2.24) is 9.97 Å². The molecule has 2 rings (SSSR count). The molecule has 0 atom stereocenters. The molecule has 0 aliphatic carbocycles. The maximum Gasteiger partial charge on any atom is 0.322 e. The van der Waals surface area contributed by atoms with E-state index >= 15 is 0 Å². The van der Waals surface area contributed by atoms with Crippen LogP contribution in [-0.4, -0.2) is 15.1 Å². The number of hydrogen-bond donors (Lipinski definition) is 1. The fourth-order valence-corrected chi connectivity index (χ4v) is 1.66. The van der Waals surface area contributed by atoms with E-state index in [1.165, 1.54) is 0 Å². The highest BCUT2D eigenvalue weighted by atomic mass is 35.5. The molecule has 0 aliphatic heterocycles. The number of rotatable bonds is 3. The molecule has 1 aromatic carbocycles. The van der Waals surface area contributed by atoms with Crippen LogP contribution in [0.3, 0.4) is 0 Å². The largest absolute Gasteiger partial charge is 0.424 e. The van der Waals surface area contributed by atoms with Gasteiger partial charge in [0.1, 0.15) is 5.75 Å². The Morgan fingerprint density at radius 2 is 1.94 bits per heavy atom. The topological polar surface area (TPSA) is 55.2 Å². The van der Waals surface area contributed by atoms with Gasteiger partial charge in [0.2, 0.25) is 0 Å². The highest BCUT2D eigenvalue weighted by Crippen LogP contribution is 2.28. The third-order valence-corrected chi connectivity index (χ3v) is 2.89. The van der Waals surface area contributed by atoms with Crippen LogP contribution in [0.2, 0.25) is 10.0 Å². The number of aliphatic hydroxyl groups excluding tert-OH is 1. The summed E-state index contributed by atoms with van der Waals surface area (Å²) in [6.45, 7) is 1.63. The fraction of sp³-hybridized carbons (Fsp3) is 0.167. The minimum Gasteiger partial charge on any atom is -0.424 e. The van der Waals surface area contributed by atoms with Crippen molar-refractivity contribution in [2.75, 3.05) is 0 Å². The van der Waals surface area contributed by atoms with Gasteiger partial charge in [-0.05, 0) is 25.1 Å².